The van der Waals surface area contributed by atoms with Crippen LogP contribution in [0.3, 0.4) is 0 Å². The number of primary sulfonamides is 2. The quantitative estimate of drug-likeness (QED) is 0.241. The maximum Gasteiger partial charge on any atom is 0.241 e. The first kappa shape index (κ1) is 34.1. The fourth-order valence-electron chi connectivity index (χ4n) is 5.04. The minimum atomic E-state index is -4.00. The molecule has 13 heteroatoms. The highest BCUT2D eigenvalue weighted by Crippen LogP contribution is 2.29. The Kier molecular flexibility index (Phi) is 11.8. The number of ether oxygens (including phenoxy) is 4. The molecule has 43 heavy (non-hydrogen) atoms. The number of sulfonamides is 2. The van der Waals surface area contributed by atoms with Gasteiger partial charge in [-0.1, -0.05) is 24.3 Å². The van der Waals surface area contributed by atoms with Gasteiger partial charge in [0, 0.05) is 18.6 Å². The second-order valence-electron chi connectivity index (χ2n) is 10.1. The molecular weight excluding hydrogens is 594 g/mol. The van der Waals surface area contributed by atoms with E-state index in [4.69, 9.17) is 29.2 Å². The molecule has 236 valence electrons. The maximum absolute atomic E-state index is 12.2. The Bertz CT molecular complexity index is 1510. The van der Waals surface area contributed by atoms with Crippen LogP contribution in [0.5, 0.6) is 23.0 Å². The van der Waals surface area contributed by atoms with Crippen LogP contribution in [0.1, 0.15) is 31.9 Å². The molecule has 0 amide bonds. The highest BCUT2D eigenvalue weighted by Gasteiger charge is 2.24. The Labute approximate surface area is 254 Å². The molecule has 0 heterocycles. The summed E-state index contributed by atoms with van der Waals surface area (Å²) in [5.74, 6) is 1.64. The third kappa shape index (κ3) is 9.31. The lowest BCUT2D eigenvalue weighted by Crippen LogP contribution is -2.44. The average molecular weight is 636 g/mol. The zero-order chi connectivity index (χ0) is 31.8. The molecule has 0 saturated heterocycles. The van der Waals surface area contributed by atoms with Crippen LogP contribution in [-0.4, -0.2) is 67.8 Å². The number of benzene rings is 3. The first-order valence-electron chi connectivity index (χ1n) is 13.8. The van der Waals surface area contributed by atoms with Crippen molar-refractivity contribution in [3.05, 3.63) is 71.8 Å². The molecule has 0 aliphatic heterocycles. The van der Waals surface area contributed by atoms with Crippen molar-refractivity contribution in [2.75, 3.05) is 34.0 Å². The van der Waals surface area contributed by atoms with Gasteiger partial charge in [0.2, 0.25) is 20.0 Å². The summed E-state index contributed by atoms with van der Waals surface area (Å²) in [5.41, 5.74) is 1.52. The molecule has 0 spiro atoms. The lowest BCUT2D eigenvalue weighted by molar-refractivity contribution is 0.122. The number of hydrogen-bond donors (Lipinski definition) is 2. The van der Waals surface area contributed by atoms with Crippen molar-refractivity contribution in [2.24, 2.45) is 10.3 Å². The number of nitrogens with two attached hydrogens (primary N) is 2. The largest absolute Gasteiger partial charge is 0.495 e. The molecule has 0 aliphatic rings. The minimum Gasteiger partial charge on any atom is -0.495 e. The SMILES string of the molecule is CCOc1ccccc1OCCN([C@H](C)Cc1ccc(OC)c(S(N)(=O)=O)c1)[C@H](C)Cc1ccc(OC)c(S(N)(=O)=O)c1. The maximum atomic E-state index is 12.2. The van der Waals surface area contributed by atoms with Crippen LogP contribution in [0, 0.1) is 0 Å². The molecule has 0 bridgehead atoms. The second-order valence-corrected chi connectivity index (χ2v) is 13.2. The highest BCUT2D eigenvalue weighted by molar-refractivity contribution is 7.89. The van der Waals surface area contributed by atoms with Gasteiger partial charge in [-0.05, 0) is 81.1 Å². The van der Waals surface area contributed by atoms with E-state index in [2.05, 4.69) is 4.90 Å². The van der Waals surface area contributed by atoms with Crippen LogP contribution in [-0.2, 0) is 32.9 Å². The second kappa shape index (κ2) is 14.9. The smallest absolute Gasteiger partial charge is 0.241 e. The van der Waals surface area contributed by atoms with Crippen molar-refractivity contribution >= 4 is 20.0 Å². The Morgan fingerprint density at radius 1 is 0.698 bits per heavy atom. The van der Waals surface area contributed by atoms with Crippen molar-refractivity contribution in [1.82, 2.24) is 4.90 Å². The molecule has 3 aromatic carbocycles. The molecule has 3 aromatic rings. The van der Waals surface area contributed by atoms with Crippen molar-refractivity contribution < 1.29 is 35.8 Å². The van der Waals surface area contributed by atoms with Crippen LogP contribution in [0.25, 0.3) is 0 Å². The van der Waals surface area contributed by atoms with Crippen LogP contribution in [0.2, 0.25) is 0 Å². The van der Waals surface area contributed by atoms with E-state index < -0.39 is 20.0 Å². The summed E-state index contributed by atoms with van der Waals surface area (Å²) in [7, 11) is -5.22. The third-order valence-corrected chi connectivity index (χ3v) is 8.88. The molecule has 0 aliphatic carbocycles. The molecule has 0 aromatic heterocycles. The molecule has 3 rings (SSSR count). The van der Waals surface area contributed by atoms with E-state index >= 15 is 0 Å². The number of nitrogens with zero attached hydrogens (tertiary/aromatic N) is 1. The summed E-state index contributed by atoms with van der Waals surface area (Å²) in [6.45, 7) is 7.34. The third-order valence-electron chi connectivity index (χ3n) is 7.02. The first-order chi connectivity index (χ1) is 20.3. The Morgan fingerprint density at radius 3 is 1.53 bits per heavy atom. The van der Waals surface area contributed by atoms with Gasteiger partial charge in [0.1, 0.15) is 27.9 Å². The Balaban J connectivity index is 1.89. The van der Waals surface area contributed by atoms with Crippen LogP contribution in [0.4, 0.5) is 0 Å². The van der Waals surface area contributed by atoms with Crippen molar-refractivity contribution in [3.63, 3.8) is 0 Å². The van der Waals surface area contributed by atoms with Crippen molar-refractivity contribution in [2.45, 2.75) is 55.5 Å². The highest BCUT2D eigenvalue weighted by atomic mass is 32.2. The molecule has 0 fully saturated rings. The molecule has 11 nitrogen and oxygen atoms in total. The van der Waals surface area contributed by atoms with Gasteiger partial charge >= 0.3 is 0 Å². The molecule has 2 atom stereocenters. The molecule has 0 saturated carbocycles. The van der Waals surface area contributed by atoms with Crippen LogP contribution in [0.15, 0.2) is 70.5 Å². The topological polar surface area (TPSA) is 160 Å². The van der Waals surface area contributed by atoms with Gasteiger partial charge in [-0.25, -0.2) is 27.1 Å². The summed E-state index contributed by atoms with van der Waals surface area (Å²) >= 11 is 0. The number of hydrogen-bond acceptors (Lipinski definition) is 9. The summed E-state index contributed by atoms with van der Waals surface area (Å²) in [5, 5.41) is 10.9. The van der Waals surface area contributed by atoms with Gasteiger partial charge in [0.05, 0.1) is 20.8 Å². The van der Waals surface area contributed by atoms with Gasteiger partial charge in [-0.2, -0.15) is 0 Å². The van der Waals surface area contributed by atoms with Gasteiger partial charge in [0.15, 0.2) is 11.5 Å². The summed E-state index contributed by atoms with van der Waals surface area (Å²) < 4.78 is 71.0. The van der Waals surface area contributed by atoms with Gasteiger partial charge in [-0.3, -0.25) is 4.90 Å². The van der Waals surface area contributed by atoms with E-state index in [0.29, 0.717) is 44.1 Å². The zero-order valence-electron chi connectivity index (χ0n) is 25.1. The zero-order valence-corrected chi connectivity index (χ0v) is 26.8. The van der Waals surface area contributed by atoms with Gasteiger partial charge in [0.25, 0.3) is 0 Å². The molecule has 0 unspecified atom stereocenters. The summed E-state index contributed by atoms with van der Waals surface area (Å²) in [4.78, 5) is 2.07. The predicted molar refractivity (Wildman–Crippen MR) is 165 cm³/mol. The lowest BCUT2D eigenvalue weighted by Gasteiger charge is -2.35. The normalized spacial score (nSPS) is 13.4. The Morgan fingerprint density at radius 2 is 1.14 bits per heavy atom. The number of rotatable bonds is 16. The standard InChI is InChI=1S/C30H41N3O8S2/c1-6-40-25-9-7-8-10-26(25)41-16-15-33(21(2)17-23-11-13-27(38-4)29(19-23)42(31,34)35)22(3)18-24-12-14-28(39-5)30(20-24)43(32,36)37/h7-14,19-22H,6,15-18H2,1-5H3,(H2,31,34,35)(H2,32,36,37)/t21-,22-/m1/s1. The summed E-state index contributed by atoms with van der Waals surface area (Å²) in [6, 6.07) is 17.1. The van der Waals surface area contributed by atoms with Crippen molar-refractivity contribution in [1.29, 1.82) is 0 Å². The molecule has 4 N–H and O–H groups in total. The van der Waals surface area contributed by atoms with Crippen LogP contribution >= 0.6 is 0 Å². The monoisotopic (exact) mass is 635 g/mol. The predicted octanol–water partition coefficient (Wildman–Crippen LogP) is 3.34. The van der Waals surface area contributed by atoms with E-state index in [-0.39, 0.29) is 33.4 Å². The van der Waals surface area contributed by atoms with E-state index in [0.717, 1.165) is 11.1 Å². The lowest BCUT2D eigenvalue weighted by atomic mass is 10.0. The minimum absolute atomic E-state index is 0.0797. The van der Waals surface area contributed by atoms with Crippen LogP contribution < -0.4 is 29.2 Å². The fourth-order valence-corrected chi connectivity index (χ4v) is 6.53. The summed E-state index contributed by atoms with van der Waals surface area (Å²) in [6.07, 6.45) is 0.995. The molecule has 0 radical (unpaired) electrons. The molecular formula is C30H41N3O8S2. The number of methoxy groups -OCH3 is 2. The Hall–Kier alpha value is -3.36. The number of para-hydroxylation sites is 2. The van der Waals surface area contributed by atoms with Gasteiger partial charge in [-0.15, -0.1) is 0 Å². The van der Waals surface area contributed by atoms with E-state index in [1.165, 1.54) is 26.4 Å². The van der Waals surface area contributed by atoms with Crippen molar-refractivity contribution in [3.8, 4) is 23.0 Å². The van der Waals surface area contributed by atoms with E-state index in [1.54, 1.807) is 12.1 Å². The fraction of sp³-hybridized carbons (Fsp3) is 0.400. The van der Waals surface area contributed by atoms with E-state index in [1.807, 2.05) is 57.2 Å². The first-order valence-corrected chi connectivity index (χ1v) is 16.9. The van der Waals surface area contributed by atoms with Gasteiger partial charge < -0.3 is 18.9 Å². The average Bonchev–Trinajstić information content (AvgIpc) is 2.95. The van der Waals surface area contributed by atoms with E-state index in [9.17, 15) is 16.8 Å².